The zero-order chi connectivity index (χ0) is 13.9. The highest BCUT2D eigenvalue weighted by atomic mass is 16.3. The molecule has 3 aromatic rings. The Labute approximate surface area is 119 Å². The van der Waals surface area contributed by atoms with Gasteiger partial charge in [0.05, 0.1) is 6.10 Å². The predicted molar refractivity (Wildman–Crippen MR) is 83.8 cm³/mol. The maximum absolute atomic E-state index is 10.6. The molecule has 1 nitrogen and oxygen atoms in total. The monoisotopic (exact) mass is 262 g/mol. The van der Waals surface area contributed by atoms with E-state index in [4.69, 9.17) is 0 Å². The van der Waals surface area contributed by atoms with E-state index < -0.39 is 6.10 Å². The van der Waals surface area contributed by atoms with Crippen LogP contribution < -0.4 is 0 Å². The van der Waals surface area contributed by atoms with E-state index in [2.05, 4.69) is 43.3 Å². The molecule has 0 aromatic heterocycles. The van der Waals surface area contributed by atoms with E-state index in [9.17, 15) is 5.11 Å². The third kappa shape index (κ3) is 2.45. The molecular formula is C19H18O. The van der Waals surface area contributed by atoms with Crippen LogP contribution in [0.25, 0.3) is 10.8 Å². The molecule has 0 aliphatic heterocycles. The molecule has 3 rings (SSSR count). The predicted octanol–water partition coefficient (Wildman–Crippen LogP) is 4.68. The summed E-state index contributed by atoms with van der Waals surface area (Å²) in [6.45, 7) is 2.06. The molecule has 0 aliphatic carbocycles. The van der Waals surface area contributed by atoms with Crippen molar-refractivity contribution in [2.45, 2.75) is 18.9 Å². The number of hydrogen-bond donors (Lipinski definition) is 1. The van der Waals surface area contributed by atoms with Crippen molar-refractivity contribution in [3.05, 3.63) is 83.9 Å². The van der Waals surface area contributed by atoms with Crippen molar-refractivity contribution in [2.75, 3.05) is 0 Å². The van der Waals surface area contributed by atoms with E-state index in [1.165, 1.54) is 10.8 Å². The Morgan fingerprint density at radius 2 is 1.35 bits per heavy atom. The quantitative estimate of drug-likeness (QED) is 0.726. The van der Waals surface area contributed by atoms with E-state index in [-0.39, 0.29) is 5.92 Å². The van der Waals surface area contributed by atoms with Gasteiger partial charge < -0.3 is 5.11 Å². The Hall–Kier alpha value is -2.12. The van der Waals surface area contributed by atoms with Gasteiger partial charge in [0, 0.05) is 5.92 Å². The minimum absolute atomic E-state index is 0.0809. The third-order valence-corrected chi connectivity index (χ3v) is 3.91. The molecule has 2 atom stereocenters. The fourth-order valence-corrected chi connectivity index (χ4v) is 2.62. The Balaban J connectivity index is 1.94. The Morgan fingerprint density at radius 1 is 0.700 bits per heavy atom. The number of benzene rings is 3. The summed E-state index contributed by atoms with van der Waals surface area (Å²) >= 11 is 0. The van der Waals surface area contributed by atoms with Crippen molar-refractivity contribution in [2.24, 2.45) is 0 Å². The number of hydrogen-bond acceptors (Lipinski definition) is 1. The molecule has 0 bridgehead atoms. The molecule has 0 spiro atoms. The Morgan fingerprint density at radius 3 is 2.10 bits per heavy atom. The highest BCUT2D eigenvalue weighted by Crippen LogP contribution is 2.31. The zero-order valence-corrected chi connectivity index (χ0v) is 11.5. The molecule has 1 N–H and O–H groups in total. The molecule has 3 aromatic carbocycles. The Kier molecular flexibility index (Phi) is 3.53. The topological polar surface area (TPSA) is 20.2 Å². The smallest absolute Gasteiger partial charge is 0.0856 e. The molecule has 0 amide bonds. The van der Waals surface area contributed by atoms with Gasteiger partial charge in [0.2, 0.25) is 0 Å². The van der Waals surface area contributed by atoms with Crippen LogP contribution in [0.5, 0.6) is 0 Å². The van der Waals surface area contributed by atoms with Gasteiger partial charge in [-0.05, 0) is 28.0 Å². The summed E-state index contributed by atoms with van der Waals surface area (Å²) in [5.41, 5.74) is 2.13. The van der Waals surface area contributed by atoms with Crippen LogP contribution in [0, 0.1) is 0 Å². The number of fused-ring (bicyclic) bond motifs is 1. The maximum atomic E-state index is 10.6. The highest BCUT2D eigenvalue weighted by Gasteiger charge is 2.18. The molecule has 100 valence electrons. The van der Waals surface area contributed by atoms with Crippen LogP contribution in [0.2, 0.25) is 0 Å². The molecule has 0 saturated heterocycles. The highest BCUT2D eigenvalue weighted by molar-refractivity contribution is 5.83. The van der Waals surface area contributed by atoms with Crippen LogP contribution in [0.4, 0.5) is 0 Å². The fraction of sp³-hybridized carbons (Fsp3) is 0.158. The third-order valence-electron chi connectivity index (χ3n) is 3.91. The van der Waals surface area contributed by atoms with E-state index in [0.29, 0.717) is 0 Å². The van der Waals surface area contributed by atoms with Crippen LogP contribution in [-0.4, -0.2) is 5.11 Å². The lowest BCUT2D eigenvalue weighted by molar-refractivity contribution is 0.152. The summed E-state index contributed by atoms with van der Waals surface area (Å²) in [5, 5.41) is 13.0. The molecule has 0 heterocycles. The zero-order valence-electron chi connectivity index (χ0n) is 11.5. The molecule has 0 saturated carbocycles. The van der Waals surface area contributed by atoms with Gasteiger partial charge >= 0.3 is 0 Å². The molecule has 0 fully saturated rings. The average Bonchev–Trinajstić information content (AvgIpc) is 2.54. The van der Waals surface area contributed by atoms with Crippen LogP contribution >= 0.6 is 0 Å². The lowest BCUT2D eigenvalue weighted by Crippen LogP contribution is -2.07. The summed E-state index contributed by atoms with van der Waals surface area (Å²) in [5.74, 6) is 0.0809. The summed E-state index contributed by atoms with van der Waals surface area (Å²) < 4.78 is 0. The summed E-state index contributed by atoms with van der Waals surface area (Å²) in [7, 11) is 0. The molecule has 20 heavy (non-hydrogen) atoms. The van der Waals surface area contributed by atoms with Crippen molar-refractivity contribution in [3.8, 4) is 0 Å². The summed E-state index contributed by atoms with van der Waals surface area (Å²) in [4.78, 5) is 0. The van der Waals surface area contributed by atoms with E-state index in [1.54, 1.807) is 0 Å². The minimum Gasteiger partial charge on any atom is -0.388 e. The van der Waals surface area contributed by atoms with Crippen molar-refractivity contribution in [3.63, 3.8) is 0 Å². The Bertz CT molecular complexity index is 703. The first kappa shape index (κ1) is 12.9. The first-order valence-electron chi connectivity index (χ1n) is 6.97. The van der Waals surface area contributed by atoms with Gasteiger partial charge in [-0.3, -0.25) is 0 Å². The van der Waals surface area contributed by atoms with Crippen molar-refractivity contribution < 1.29 is 5.11 Å². The minimum atomic E-state index is -0.484. The van der Waals surface area contributed by atoms with Gasteiger partial charge in [-0.15, -0.1) is 0 Å². The van der Waals surface area contributed by atoms with Gasteiger partial charge in [0.15, 0.2) is 0 Å². The molecule has 1 heteroatoms. The maximum Gasteiger partial charge on any atom is 0.0856 e. The first-order chi connectivity index (χ1) is 9.75. The van der Waals surface area contributed by atoms with Gasteiger partial charge in [-0.25, -0.2) is 0 Å². The van der Waals surface area contributed by atoms with Gasteiger partial charge in [-0.1, -0.05) is 73.7 Å². The number of aliphatic hydroxyl groups is 1. The van der Waals surface area contributed by atoms with Gasteiger partial charge in [0.25, 0.3) is 0 Å². The average molecular weight is 262 g/mol. The van der Waals surface area contributed by atoms with Crippen LogP contribution in [-0.2, 0) is 0 Å². The largest absolute Gasteiger partial charge is 0.388 e. The molecule has 0 radical (unpaired) electrons. The standard InChI is InChI=1S/C19H18O/c1-14(15-7-3-2-4-8-15)19(20)18-12-11-16-9-5-6-10-17(16)13-18/h2-14,19-20H,1H3. The van der Waals surface area contributed by atoms with Crippen molar-refractivity contribution in [1.82, 2.24) is 0 Å². The first-order valence-corrected chi connectivity index (χ1v) is 6.97. The second-order valence-corrected chi connectivity index (χ2v) is 5.25. The lowest BCUT2D eigenvalue weighted by atomic mass is 9.90. The molecule has 2 unspecified atom stereocenters. The van der Waals surface area contributed by atoms with Crippen molar-refractivity contribution in [1.29, 1.82) is 0 Å². The normalized spacial score (nSPS) is 14.1. The SMILES string of the molecule is CC(c1ccccc1)C(O)c1ccc2ccccc2c1. The summed E-state index contributed by atoms with van der Waals surface area (Å²) in [6, 6.07) is 24.6. The van der Waals surface area contributed by atoms with Crippen LogP contribution in [0.3, 0.4) is 0 Å². The van der Waals surface area contributed by atoms with E-state index in [1.807, 2.05) is 36.4 Å². The lowest BCUT2D eigenvalue weighted by Gasteiger charge is -2.20. The second kappa shape index (κ2) is 5.48. The van der Waals surface area contributed by atoms with Gasteiger partial charge in [-0.2, -0.15) is 0 Å². The number of rotatable bonds is 3. The molecule has 0 aliphatic rings. The number of aliphatic hydroxyl groups excluding tert-OH is 1. The van der Waals surface area contributed by atoms with Crippen LogP contribution in [0.1, 0.15) is 30.1 Å². The van der Waals surface area contributed by atoms with E-state index >= 15 is 0 Å². The second-order valence-electron chi connectivity index (χ2n) is 5.25. The van der Waals surface area contributed by atoms with E-state index in [0.717, 1.165) is 11.1 Å². The van der Waals surface area contributed by atoms with Crippen LogP contribution in [0.15, 0.2) is 72.8 Å². The molecular weight excluding hydrogens is 244 g/mol. The fourth-order valence-electron chi connectivity index (χ4n) is 2.62. The van der Waals surface area contributed by atoms with Crippen molar-refractivity contribution >= 4 is 10.8 Å². The van der Waals surface area contributed by atoms with Gasteiger partial charge in [0.1, 0.15) is 0 Å². The summed E-state index contributed by atoms with van der Waals surface area (Å²) in [6.07, 6.45) is -0.484.